The van der Waals surface area contributed by atoms with Gasteiger partial charge in [0, 0.05) is 33.7 Å². The van der Waals surface area contributed by atoms with Crippen LogP contribution in [-0.4, -0.2) is 24.5 Å². The van der Waals surface area contributed by atoms with Crippen molar-refractivity contribution in [1.82, 2.24) is 19.9 Å². The SMILES string of the molecule is Nc1ccc(-c2nc3c([S+]([O-])c4cccc5[nH]c(-c6ccc(N)cc6)nc45)cccc3[nH]2)cc1. The lowest BCUT2D eigenvalue weighted by molar-refractivity contribution is 0.596. The molecule has 7 nitrogen and oxygen atoms in total. The fourth-order valence-corrected chi connectivity index (χ4v) is 5.29. The van der Waals surface area contributed by atoms with Gasteiger partial charge in [-0.2, -0.15) is 0 Å². The number of benzene rings is 4. The van der Waals surface area contributed by atoms with Crippen LogP contribution in [0.1, 0.15) is 0 Å². The first-order valence-corrected chi connectivity index (χ1v) is 11.8. The van der Waals surface area contributed by atoms with Crippen molar-refractivity contribution in [2.24, 2.45) is 0 Å². The molecule has 0 atom stereocenters. The van der Waals surface area contributed by atoms with Gasteiger partial charge in [-0.25, -0.2) is 9.97 Å². The van der Waals surface area contributed by atoms with Crippen molar-refractivity contribution in [3.05, 3.63) is 84.9 Å². The van der Waals surface area contributed by atoms with E-state index in [0.29, 0.717) is 43.8 Å². The molecule has 6 aromatic rings. The molecule has 0 amide bonds. The standard InChI is InChI=1S/C26H20N6OS/c27-17-11-7-15(8-12-17)25-29-19-3-1-5-21(23(19)31-25)34(33)22-6-2-4-20-24(22)32-26(30-20)16-9-13-18(28)14-10-16/h1-14H,27-28H2,(H,29,31)(H,30,32). The van der Waals surface area contributed by atoms with Crippen LogP contribution in [0.15, 0.2) is 94.7 Å². The van der Waals surface area contributed by atoms with Crippen molar-refractivity contribution in [2.45, 2.75) is 9.79 Å². The highest BCUT2D eigenvalue weighted by molar-refractivity contribution is 7.92. The molecule has 0 spiro atoms. The van der Waals surface area contributed by atoms with Gasteiger partial charge in [0.25, 0.3) is 0 Å². The molecule has 2 heterocycles. The van der Waals surface area contributed by atoms with E-state index in [1.54, 1.807) is 0 Å². The highest BCUT2D eigenvalue weighted by atomic mass is 32.2. The molecule has 0 aliphatic rings. The summed E-state index contributed by atoms with van der Waals surface area (Å²) in [5, 5.41) is 0. The van der Waals surface area contributed by atoms with Gasteiger partial charge in [0.15, 0.2) is 9.79 Å². The van der Waals surface area contributed by atoms with Gasteiger partial charge in [-0.05, 0) is 72.8 Å². The van der Waals surface area contributed by atoms with E-state index < -0.39 is 11.2 Å². The number of fused-ring (bicyclic) bond motifs is 2. The third-order valence-corrected chi connectivity index (χ3v) is 7.18. The Bertz CT molecular complexity index is 1510. The van der Waals surface area contributed by atoms with Gasteiger partial charge in [-0.15, -0.1) is 0 Å². The van der Waals surface area contributed by atoms with Crippen molar-refractivity contribution in [3.63, 3.8) is 0 Å². The second-order valence-electron chi connectivity index (χ2n) is 7.99. The maximum atomic E-state index is 13.8. The van der Waals surface area contributed by atoms with Crippen molar-refractivity contribution in [1.29, 1.82) is 0 Å². The number of nitrogens with one attached hydrogen (secondary N) is 2. The number of anilines is 2. The maximum absolute atomic E-state index is 13.8. The fourth-order valence-electron chi connectivity index (χ4n) is 3.98. The summed E-state index contributed by atoms with van der Waals surface area (Å²) in [6, 6.07) is 26.3. The highest BCUT2D eigenvalue weighted by Gasteiger charge is 2.25. The van der Waals surface area contributed by atoms with Crippen molar-refractivity contribution in [2.75, 3.05) is 11.5 Å². The minimum atomic E-state index is -1.49. The number of imidazole rings is 2. The predicted molar refractivity (Wildman–Crippen MR) is 137 cm³/mol. The molecule has 0 radical (unpaired) electrons. The third kappa shape index (κ3) is 3.45. The summed E-state index contributed by atoms with van der Waals surface area (Å²) in [5.74, 6) is 1.39. The summed E-state index contributed by atoms with van der Waals surface area (Å²) in [5.41, 5.74) is 17.8. The highest BCUT2D eigenvalue weighted by Crippen LogP contribution is 2.33. The first kappa shape index (κ1) is 20.3. The molecule has 2 aromatic heterocycles. The van der Waals surface area contributed by atoms with E-state index in [4.69, 9.17) is 21.4 Å². The Morgan fingerprint density at radius 1 is 0.588 bits per heavy atom. The molecule has 8 heteroatoms. The van der Waals surface area contributed by atoms with Gasteiger partial charge in [-0.3, -0.25) is 0 Å². The van der Waals surface area contributed by atoms with Crippen LogP contribution in [0.5, 0.6) is 0 Å². The van der Waals surface area contributed by atoms with Crippen LogP contribution in [0.2, 0.25) is 0 Å². The Hall–Kier alpha value is -4.27. The van der Waals surface area contributed by atoms with Crippen LogP contribution < -0.4 is 11.5 Å². The molecule has 6 rings (SSSR count). The normalized spacial score (nSPS) is 11.6. The zero-order chi connectivity index (χ0) is 23.2. The molecule has 0 aliphatic carbocycles. The zero-order valence-electron chi connectivity index (χ0n) is 17.9. The number of nitrogen functional groups attached to an aromatic ring is 2. The average molecular weight is 465 g/mol. The van der Waals surface area contributed by atoms with Gasteiger partial charge in [-0.1, -0.05) is 12.1 Å². The molecule has 0 saturated carbocycles. The first-order valence-electron chi connectivity index (χ1n) is 10.7. The molecular formula is C26H20N6OS. The third-order valence-electron chi connectivity index (χ3n) is 5.72. The van der Waals surface area contributed by atoms with Crippen LogP contribution in [0.3, 0.4) is 0 Å². The average Bonchev–Trinajstić information content (AvgIpc) is 3.49. The van der Waals surface area contributed by atoms with Crippen molar-refractivity contribution in [3.8, 4) is 22.8 Å². The minimum absolute atomic E-state index is 0.625. The van der Waals surface area contributed by atoms with Gasteiger partial charge in [0.1, 0.15) is 22.7 Å². The topological polar surface area (TPSA) is 132 Å². The van der Waals surface area contributed by atoms with Gasteiger partial charge in [0.05, 0.1) is 11.0 Å². The number of aromatic amines is 2. The second kappa shape index (κ2) is 7.95. The minimum Gasteiger partial charge on any atom is -0.606 e. The number of nitrogens with zero attached hydrogens (tertiary/aromatic N) is 2. The van der Waals surface area contributed by atoms with E-state index in [0.717, 1.165) is 22.2 Å². The first-order chi connectivity index (χ1) is 16.6. The smallest absolute Gasteiger partial charge is 0.186 e. The molecule has 0 fully saturated rings. The summed E-state index contributed by atoms with van der Waals surface area (Å²) in [6.45, 7) is 0. The number of hydrogen-bond acceptors (Lipinski definition) is 5. The quantitative estimate of drug-likeness (QED) is 0.213. The number of nitrogens with two attached hydrogens (primary N) is 2. The number of rotatable bonds is 4. The molecule has 0 unspecified atom stereocenters. The number of aromatic nitrogens is 4. The van der Waals surface area contributed by atoms with E-state index >= 15 is 0 Å². The van der Waals surface area contributed by atoms with Crippen LogP contribution in [0.25, 0.3) is 44.8 Å². The van der Waals surface area contributed by atoms with E-state index in [9.17, 15) is 4.55 Å². The van der Waals surface area contributed by atoms with Gasteiger partial charge in [0.2, 0.25) is 0 Å². The number of para-hydroxylation sites is 2. The Balaban J connectivity index is 1.44. The zero-order valence-corrected chi connectivity index (χ0v) is 18.8. The summed E-state index contributed by atoms with van der Waals surface area (Å²) in [7, 11) is 0. The van der Waals surface area contributed by atoms with Gasteiger partial charge >= 0.3 is 0 Å². The molecule has 0 bridgehead atoms. The Morgan fingerprint density at radius 3 is 1.41 bits per heavy atom. The Labute approximate surface area is 198 Å². The molecule has 6 N–H and O–H groups in total. The summed E-state index contributed by atoms with van der Waals surface area (Å²) < 4.78 is 13.8. The molecule has 0 saturated heterocycles. The lowest BCUT2D eigenvalue weighted by Crippen LogP contribution is -2.04. The molecule has 4 aromatic carbocycles. The Morgan fingerprint density at radius 2 is 1.00 bits per heavy atom. The predicted octanol–water partition coefficient (Wildman–Crippen LogP) is 5.10. The van der Waals surface area contributed by atoms with Crippen LogP contribution in [-0.2, 0) is 11.2 Å². The summed E-state index contributed by atoms with van der Waals surface area (Å²) in [6.07, 6.45) is 0. The number of H-pyrrole nitrogens is 2. The monoisotopic (exact) mass is 464 g/mol. The van der Waals surface area contributed by atoms with Crippen molar-refractivity contribution >= 4 is 44.6 Å². The largest absolute Gasteiger partial charge is 0.606 e. The lowest BCUT2D eigenvalue weighted by atomic mass is 10.2. The van der Waals surface area contributed by atoms with E-state index in [2.05, 4.69) is 9.97 Å². The van der Waals surface area contributed by atoms with E-state index in [-0.39, 0.29) is 0 Å². The van der Waals surface area contributed by atoms with Crippen molar-refractivity contribution < 1.29 is 4.55 Å². The maximum Gasteiger partial charge on any atom is 0.186 e. The summed E-state index contributed by atoms with van der Waals surface area (Å²) in [4.78, 5) is 17.4. The summed E-state index contributed by atoms with van der Waals surface area (Å²) >= 11 is -1.49. The molecule has 166 valence electrons. The van der Waals surface area contributed by atoms with Crippen LogP contribution in [0, 0.1) is 0 Å². The Kier molecular flexibility index (Phi) is 4.75. The van der Waals surface area contributed by atoms with E-state index in [1.807, 2.05) is 84.9 Å². The van der Waals surface area contributed by atoms with E-state index in [1.165, 1.54) is 0 Å². The van der Waals surface area contributed by atoms with Crippen LogP contribution in [0.4, 0.5) is 11.4 Å². The lowest BCUT2D eigenvalue weighted by Gasteiger charge is -2.10. The molecule has 34 heavy (non-hydrogen) atoms. The van der Waals surface area contributed by atoms with Crippen LogP contribution >= 0.6 is 0 Å². The fraction of sp³-hybridized carbons (Fsp3) is 0. The second-order valence-corrected chi connectivity index (χ2v) is 9.41. The molecular weight excluding hydrogens is 444 g/mol. The molecule has 0 aliphatic heterocycles. The number of hydrogen-bond donors (Lipinski definition) is 4. The van der Waals surface area contributed by atoms with Gasteiger partial charge < -0.3 is 26.0 Å².